The highest BCUT2D eigenvalue weighted by atomic mass is 19.1. The molecule has 1 aliphatic rings. The van der Waals surface area contributed by atoms with Gasteiger partial charge in [-0.05, 0) is 54.8 Å². The predicted molar refractivity (Wildman–Crippen MR) is 116 cm³/mol. The monoisotopic (exact) mass is 401 g/mol. The van der Waals surface area contributed by atoms with E-state index in [4.69, 9.17) is 9.72 Å². The highest BCUT2D eigenvalue weighted by molar-refractivity contribution is 5.85. The fourth-order valence-corrected chi connectivity index (χ4v) is 4.55. The summed E-state index contributed by atoms with van der Waals surface area (Å²) in [5.41, 5.74) is 6.77. The van der Waals surface area contributed by atoms with E-state index in [-0.39, 0.29) is 17.6 Å². The van der Waals surface area contributed by atoms with Gasteiger partial charge in [0.05, 0.1) is 18.8 Å². The third-order valence-electron chi connectivity index (χ3n) is 5.93. The average molecular weight is 401 g/mol. The lowest BCUT2D eigenvalue weighted by atomic mass is 9.94. The topological polar surface area (TPSA) is 41.1 Å². The minimum absolute atomic E-state index is 0.0112. The SMILES string of the molecule is COc1cc(CN2CCc3c([nH]c4ccccc34)C2c2cccc(C)n2)ccc1F. The molecule has 152 valence electrons. The van der Waals surface area contributed by atoms with Crippen molar-refractivity contribution in [2.24, 2.45) is 0 Å². The zero-order chi connectivity index (χ0) is 20.7. The molecule has 3 heterocycles. The fourth-order valence-electron chi connectivity index (χ4n) is 4.55. The second-order valence-corrected chi connectivity index (χ2v) is 7.86. The number of hydrogen-bond donors (Lipinski definition) is 1. The first-order chi connectivity index (χ1) is 14.6. The number of H-pyrrole nitrogens is 1. The van der Waals surface area contributed by atoms with Gasteiger partial charge in [-0.2, -0.15) is 0 Å². The van der Waals surface area contributed by atoms with Gasteiger partial charge in [0.1, 0.15) is 0 Å². The Bertz CT molecular complexity index is 1220. The van der Waals surface area contributed by atoms with E-state index < -0.39 is 0 Å². The Morgan fingerprint density at radius 2 is 2.00 bits per heavy atom. The number of hydrogen-bond acceptors (Lipinski definition) is 3. The number of nitrogens with one attached hydrogen (secondary N) is 1. The summed E-state index contributed by atoms with van der Waals surface area (Å²) in [6.45, 7) is 3.61. The van der Waals surface area contributed by atoms with E-state index in [1.54, 1.807) is 6.07 Å². The van der Waals surface area contributed by atoms with Crippen LogP contribution in [0.5, 0.6) is 5.75 Å². The first-order valence-corrected chi connectivity index (χ1v) is 10.2. The Balaban J connectivity index is 1.60. The number of nitrogens with zero attached hydrogens (tertiary/aromatic N) is 2. The smallest absolute Gasteiger partial charge is 0.165 e. The molecule has 5 heteroatoms. The van der Waals surface area contributed by atoms with Crippen molar-refractivity contribution in [1.82, 2.24) is 14.9 Å². The van der Waals surface area contributed by atoms with Crippen molar-refractivity contribution >= 4 is 10.9 Å². The first kappa shape index (κ1) is 18.8. The summed E-state index contributed by atoms with van der Waals surface area (Å²) in [7, 11) is 1.50. The molecule has 1 atom stereocenters. The van der Waals surface area contributed by atoms with Crippen molar-refractivity contribution in [3.8, 4) is 5.75 Å². The summed E-state index contributed by atoms with van der Waals surface area (Å²) < 4.78 is 19.1. The summed E-state index contributed by atoms with van der Waals surface area (Å²) in [6.07, 6.45) is 0.958. The fraction of sp³-hybridized carbons (Fsp3) is 0.240. The van der Waals surface area contributed by atoms with Gasteiger partial charge in [-0.1, -0.05) is 30.3 Å². The largest absolute Gasteiger partial charge is 0.494 e. The van der Waals surface area contributed by atoms with E-state index in [2.05, 4.69) is 46.3 Å². The molecule has 1 unspecified atom stereocenters. The number of methoxy groups -OCH3 is 1. The molecule has 0 saturated heterocycles. The van der Waals surface area contributed by atoms with Gasteiger partial charge < -0.3 is 9.72 Å². The highest BCUT2D eigenvalue weighted by Crippen LogP contribution is 2.38. The average Bonchev–Trinajstić information content (AvgIpc) is 3.13. The molecule has 0 saturated carbocycles. The quantitative estimate of drug-likeness (QED) is 0.513. The van der Waals surface area contributed by atoms with Crippen molar-refractivity contribution in [2.45, 2.75) is 25.9 Å². The van der Waals surface area contributed by atoms with Crippen LogP contribution >= 0.6 is 0 Å². The maximum Gasteiger partial charge on any atom is 0.165 e. The number of pyridine rings is 1. The summed E-state index contributed by atoms with van der Waals surface area (Å²) in [5.74, 6) is -0.0595. The molecule has 0 bridgehead atoms. The molecule has 0 spiro atoms. The van der Waals surface area contributed by atoms with Crippen LogP contribution in [0.4, 0.5) is 4.39 Å². The lowest BCUT2D eigenvalue weighted by molar-refractivity contribution is 0.198. The molecule has 2 aromatic heterocycles. The number of halogens is 1. The van der Waals surface area contributed by atoms with E-state index in [9.17, 15) is 4.39 Å². The minimum Gasteiger partial charge on any atom is -0.494 e. The normalized spacial score (nSPS) is 16.6. The maximum absolute atomic E-state index is 13.9. The molecule has 0 amide bonds. The molecule has 1 aliphatic heterocycles. The van der Waals surface area contributed by atoms with Crippen molar-refractivity contribution in [3.05, 3.63) is 94.7 Å². The predicted octanol–water partition coefficient (Wildman–Crippen LogP) is 5.17. The van der Waals surface area contributed by atoms with Crippen LogP contribution in [0.2, 0.25) is 0 Å². The Kier molecular flexibility index (Phi) is 4.75. The highest BCUT2D eigenvalue weighted by Gasteiger charge is 2.32. The second-order valence-electron chi connectivity index (χ2n) is 7.86. The maximum atomic E-state index is 13.9. The van der Waals surface area contributed by atoms with E-state index in [1.807, 2.05) is 19.1 Å². The van der Waals surface area contributed by atoms with Gasteiger partial charge in [-0.3, -0.25) is 9.88 Å². The van der Waals surface area contributed by atoms with Gasteiger partial charge in [-0.15, -0.1) is 0 Å². The van der Waals surface area contributed by atoms with Crippen molar-refractivity contribution in [1.29, 1.82) is 0 Å². The zero-order valence-corrected chi connectivity index (χ0v) is 17.2. The van der Waals surface area contributed by atoms with Crippen molar-refractivity contribution in [2.75, 3.05) is 13.7 Å². The van der Waals surface area contributed by atoms with E-state index in [0.29, 0.717) is 6.54 Å². The molecular weight excluding hydrogens is 377 g/mol. The van der Waals surface area contributed by atoms with Crippen molar-refractivity contribution in [3.63, 3.8) is 0 Å². The Hall–Kier alpha value is -3.18. The zero-order valence-electron chi connectivity index (χ0n) is 17.2. The van der Waals surface area contributed by atoms with Crippen LogP contribution in [0.25, 0.3) is 10.9 Å². The second kappa shape index (κ2) is 7.58. The molecule has 30 heavy (non-hydrogen) atoms. The number of aryl methyl sites for hydroxylation is 1. The lowest BCUT2D eigenvalue weighted by Gasteiger charge is -2.35. The number of fused-ring (bicyclic) bond motifs is 3. The van der Waals surface area contributed by atoms with Gasteiger partial charge in [0.25, 0.3) is 0 Å². The van der Waals surface area contributed by atoms with Crippen LogP contribution in [-0.2, 0) is 13.0 Å². The number of aromatic nitrogens is 2. The third kappa shape index (κ3) is 3.25. The standard InChI is InChI=1S/C25H24FN3O/c1-16-6-5-9-22(27-16)25-24-19(18-7-3-4-8-21(18)28-24)12-13-29(25)15-17-10-11-20(26)23(14-17)30-2/h3-11,14,25,28H,12-13,15H2,1-2H3. The van der Waals surface area contributed by atoms with E-state index in [1.165, 1.54) is 29.8 Å². The van der Waals surface area contributed by atoms with Crippen LogP contribution in [0.3, 0.4) is 0 Å². The van der Waals surface area contributed by atoms with Crippen LogP contribution in [-0.4, -0.2) is 28.5 Å². The lowest BCUT2D eigenvalue weighted by Crippen LogP contribution is -2.36. The van der Waals surface area contributed by atoms with Crippen LogP contribution < -0.4 is 4.74 Å². The molecule has 4 nitrogen and oxygen atoms in total. The molecule has 5 rings (SSSR count). The van der Waals surface area contributed by atoms with Gasteiger partial charge in [-0.25, -0.2) is 4.39 Å². The number of ether oxygens (including phenoxy) is 1. The molecule has 0 aliphatic carbocycles. The summed E-state index contributed by atoms with van der Waals surface area (Å²) >= 11 is 0. The molecule has 0 fully saturated rings. The van der Waals surface area contributed by atoms with Crippen LogP contribution in [0, 0.1) is 12.7 Å². The first-order valence-electron chi connectivity index (χ1n) is 10.2. The number of rotatable bonds is 4. The minimum atomic E-state index is -0.338. The Morgan fingerprint density at radius 3 is 2.83 bits per heavy atom. The molecular formula is C25H24FN3O. The summed E-state index contributed by atoms with van der Waals surface area (Å²) in [4.78, 5) is 10.9. The van der Waals surface area contributed by atoms with E-state index in [0.717, 1.165) is 35.4 Å². The molecule has 1 N–H and O–H groups in total. The van der Waals surface area contributed by atoms with Crippen molar-refractivity contribution < 1.29 is 9.13 Å². The summed E-state index contributed by atoms with van der Waals surface area (Å²) in [5, 5.41) is 1.29. The Morgan fingerprint density at radius 1 is 1.13 bits per heavy atom. The number of para-hydroxylation sites is 1. The Labute approximate surface area is 175 Å². The van der Waals surface area contributed by atoms with Crippen LogP contribution in [0.1, 0.15) is 34.3 Å². The number of benzene rings is 2. The molecule has 4 aromatic rings. The third-order valence-corrected chi connectivity index (χ3v) is 5.93. The molecule has 2 aromatic carbocycles. The number of aromatic amines is 1. The van der Waals surface area contributed by atoms with E-state index >= 15 is 0 Å². The molecule has 0 radical (unpaired) electrons. The van der Waals surface area contributed by atoms with Gasteiger partial charge >= 0.3 is 0 Å². The van der Waals surface area contributed by atoms with Gasteiger partial charge in [0, 0.05) is 35.4 Å². The van der Waals surface area contributed by atoms with Gasteiger partial charge in [0.2, 0.25) is 0 Å². The van der Waals surface area contributed by atoms with Crippen LogP contribution in [0.15, 0.2) is 60.7 Å². The van der Waals surface area contributed by atoms with Gasteiger partial charge in [0.15, 0.2) is 11.6 Å². The summed E-state index contributed by atoms with van der Waals surface area (Å²) in [6, 6.07) is 19.8.